The van der Waals surface area contributed by atoms with Crippen LogP contribution in [0.3, 0.4) is 0 Å². The van der Waals surface area contributed by atoms with Crippen molar-refractivity contribution in [2.45, 2.75) is 31.9 Å². The Morgan fingerprint density at radius 3 is 3.14 bits per heavy atom. The first-order chi connectivity index (χ1) is 10.7. The van der Waals surface area contributed by atoms with Crippen LogP contribution in [0.25, 0.3) is 0 Å². The van der Waals surface area contributed by atoms with Gasteiger partial charge < -0.3 is 24.8 Å². The standard InChI is InChI=1S/C15H23N3O4/c1-11(13-6-4-8-21-13)17-15(19)18-12-5-3-7-16-14(12)22-10-9-20-2/h3,5,7,11,13H,4,6,8-10H2,1-2H3,(H2,17,18,19). The molecule has 122 valence electrons. The first-order valence-corrected chi connectivity index (χ1v) is 7.46. The van der Waals surface area contributed by atoms with Crippen LogP contribution in [-0.2, 0) is 9.47 Å². The van der Waals surface area contributed by atoms with Gasteiger partial charge in [0.05, 0.1) is 18.8 Å². The van der Waals surface area contributed by atoms with Crippen LogP contribution in [0.15, 0.2) is 18.3 Å². The van der Waals surface area contributed by atoms with Crippen molar-refractivity contribution < 1.29 is 19.0 Å². The van der Waals surface area contributed by atoms with Crippen LogP contribution < -0.4 is 15.4 Å². The van der Waals surface area contributed by atoms with Crippen molar-refractivity contribution in [3.05, 3.63) is 18.3 Å². The van der Waals surface area contributed by atoms with E-state index in [2.05, 4.69) is 15.6 Å². The van der Waals surface area contributed by atoms with Crippen LogP contribution in [0.5, 0.6) is 5.88 Å². The average Bonchev–Trinajstić information content (AvgIpc) is 3.03. The third-order valence-electron chi connectivity index (χ3n) is 3.43. The minimum Gasteiger partial charge on any atom is -0.474 e. The summed E-state index contributed by atoms with van der Waals surface area (Å²) in [5.74, 6) is 0.375. The smallest absolute Gasteiger partial charge is 0.319 e. The molecule has 0 radical (unpaired) electrons. The molecule has 1 saturated heterocycles. The lowest BCUT2D eigenvalue weighted by Gasteiger charge is -2.20. The number of ether oxygens (including phenoxy) is 3. The molecule has 1 aliphatic rings. The minimum atomic E-state index is -0.299. The van der Waals surface area contributed by atoms with Crippen molar-refractivity contribution in [2.24, 2.45) is 0 Å². The van der Waals surface area contributed by atoms with Crippen LogP contribution >= 0.6 is 0 Å². The first-order valence-electron chi connectivity index (χ1n) is 7.46. The monoisotopic (exact) mass is 309 g/mol. The van der Waals surface area contributed by atoms with Crippen LogP contribution in [0.2, 0.25) is 0 Å². The largest absolute Gasteiger partial charge is 0.474 e. The highest BCUT2D eigenvalue weighted by molar-refractivity contribution is 5.90. The number of methoxy groups -OCH3 is 1. The van der Waals surface area contributed by atoms with Crippen molar-refractivity contribution in [2.75, 3.05) is 32.2 Å². The fourth-order valence-corrected chi connectivity index (χ4v) is 2.28. The fourth-order valence-electron chi connectivity index (χ4n) is 2.28. The molecule has 0 bridgehead atoms. The van der Waals surface area contributed by atoms with Gasteiger partial charge >= 0.3 is 6.03 Å². The quantitative estimate of drug-likeness (QED) is 0.751. The van der Waals surface area contributed by atoms with Gasteiger partial charge in [-0.1, -0.05) is 0 Å². The van der Waals surface area contributed by atoms with Crippen molar-refractivity contribution in [3.8, 4) is 5.88 Å². The molecule has 2 unspecified atom stereocenters. The number of carbonyl (C=O) groups is 1. The molecule has 7 heteroatoms. The van der Waals surface area contributed by atoms with E-state index in [0.717, 1.165) is 19.4 Å². The normalized spacial score (nSPS) is 18.7. The second kappa shape index (κ2) is 8.55. The van der Waals surface area contributed by atoms with E-state index in [-0.39, 0.29) is 18.2 Å². The van der Waals surface area contributed by atoms with Crippen LogP contribution in [-0.4, -0.2) is 50.1 Å². The van der Waals surface area contributed by atoms with Gasteiger partial charge in [0.2, 0.25) is 5.88 Å². The molecular weight excluding hydrogens is 286 g/mol. The average molecular weight is 309 g/mol. The van der Waals surface area contributed by atoms with Crippen molar-refractivity contribution in [1.82, 2.24) is 10.3 Å². The highest BCUT2D eigenvalue weighted by atomic mass is 16.5. The molecule has 2 N–H and O–H groups in total. The number of hydrogen-bond acceptors (Lipinski definition) is 5. The molecule has 22 heavy (non-hydrogen) atoms. The van der Waals surface area contributed by atoms with Crippen molar-refractivity contribution in [3.63, 3.8) is 0 Å². The number of urea groups is 1. The summed E-state index contributed by atoms with van der Waals surface area (Å²) in [6.45, 7) is 3.53. The zero-order valence-electron chi connectivity index (χ0n) is 13.0. The van der Waals surface area contributed by atoms with Crippen molar-refractivity contribution in [1.29, 1.82) is 0 Å². The lowest BCUT2D eigenvalue weighted by molar-refractivity contribution is 0.0868. The van der Waals surface area contributed by atoms with Gasteiger partial charge in [0.25, 0.3) is 0 Å². The lowest BCUT2D eigenvalue weighted by atomic mass is 10.1. The molecular formula is C15H23N3O4. The van der Waals surface area contributed by atoms with Crippen LogP contribution in [0, 0.1) is 0 Å². The summed E-state index contributed by atoms with van der Waals surface area (Å²) in [6.07, 6.45) is 3.70. The summed E-state index contributed by atoms with van der Waals surface area (Å²) in [5, 5.41) is 5.64. The number of anilines is 1. The Bertz CT molecular complexity index is 478. The molecule has 2 amide bonds. The minimum absolute atomic E-state index is 0.0444. The van der Waals surface area contributed by atoms with E-state index < -0.39 is 0 Å². The van der Waals surface area contributed by atoms with Gasteiger partial charge in [0, 0.05) is 19.9 Å². The Morgan fingerprint density at radius 2 is 2.41 bits per heavy atom. The van der Waals surface area contributed by atoms with Gasteiger partial charge in [-0.05, 0) is 31.9 Å². The number of hydrogen-bond donors (Lipinski definition) is 2. The number of pyridine rings is 1. The first kappa shape index (κ1) is 16.5. The van der Waals surface area contributed by atoms with Crippen LogP contribution in [0.1, 0.15) is 19.8 Å². The Labute approximate surface area is 130 Å². The van der Waals surface area contributed by atoms with E-state index in [9.17, 15) is 4.79 Å². The van der Waals surface area contributed by atoms with Gasteiger partial charge in [-0.15, -0.1) is 0 Å². The van der Waals surface area contributed by atoms with Gasteiger partial charge in [-0.25, -0.2) is 9.78 Å². The molecule has 1 aromatic heterocycles. The summed E-state index contributed by atoms with van der Waals surface area (Å²) < 4.78 is 16.0. The Balaban J connectivity index is 1.87. The maximum atomic E-state index is 12.1. The van der Waals surface area contributed by atoms with E-state index in [1.165, 1.54) is 0 Å². The number of carbonyl (C=O) groups excluding carboxylic acids is 1. The number of nitrogens with one attached hydrogen (secondary N) is 2. The SMILES string of the molecule is COCCOc1ncccc1NC(=O)NC(C)C1CCCO1. The maximum absolute atomic E-state index is 12.1. The van der Waals surface area contributed by atoms with E-state index in [0.29, 0.717) is 24.8 Å². The summed E-state index contributed by atoms with van der Waals surface area (Å²) in [6, 6.07) is 3.14. The van der Waals surface area contributed by atoms with E-state index >= 15 is 0 Å². The number of rotatable bonds is 7. The predicted octanol–water partition coefficient (Wildman–Crippen LogP) is 1.80. The van der Waals surface area contributed by atoms with Gasteiger partial charge in [-0.2, -0.15) is 0 Å². The molecule has 0 aromatic carbocycles. The molecule has 0 saturated carbocycles. The summed E-state index contributed by atoms with van der Waals surface area (Å²) in [5.41, 5.74) is 0.524. The summed E-state index contributed by atoms with van der Waals surface area (Å²) in [7, 11) is 1.60. The third-order valence-corrected chi connectivity index (χ3v) is 3.43. The highest BCUT2D eigenvalue weighted by Gasteiger charge is 2.23. The summed E-state index contributed by atoms with van der Waals surface area (Å²) in [4.78, 5) is 16.2. The van der Waals surface area contributed by atoms with E-state index in [4.69, 9.17) is 14.2 Å². The van der Waals surface area contributed by atoms with E-state index in [1.807, 2.05) is 6.92 Å². The molecule has 0 spiro atoms. The molecule has 1 fully saturated rings. The summed E-state index contributed by atoms with van der Waals surface area (Å²) >= 11 is 0. The van der Waals surface area contributed by atoms with Gasteiger partial charge in [0.1, 0.15) is 12.3 Å². The zero-order chi connectivity index (χ0) is 15.8. The Kier molecular flexibility index (Phi) is 6.42. The Morgan fingerprint density at radius 1 is 1.55 bits per heavy atom. The molecule has 0 aliphatic carbocycles. The molecule has 1 aliphatic heterocycles. The van der Waals surface area contributed by atoms with Gasteiger partial charge in [0.15, 0.2) is 0 Å². The molecule has 7 nitrogen and oxygen atoms in total. The highest BCUT2D eigenvalue weighted by Crippen LogP contribution is 2.20. The lowest BCUT2D eigenvalue weighted by Crippen LogP contribution is -2.43. The molecule has 2 atom stereocenters. The Hall–Kier alpha value is -1.86. The maximum Gasteiger partial charge on any atom is 0.319 e. The number of amides is 2. The number of aromatic nitrogens is 1. The second-order valence-corrected chi connectivity index (χ2v) is 5.14. The zero-order valence-corrected chi connectivity index (χ0v) is 13.0. The molecule has 2 rings (SSSR count). The van der Waals surface area contributed by atoms with Crippen LogP contribution in [0.4, 0.5) is 10.5 Å². The second-order valence-electron chi connectivity index (χ2n) is 5.14. The number of nitrogens with zero attached hydrogens (tertiary/aromatic N) is 1. The third kappa shape index (κ3) is 4.85. The topological polar surface area (TPSA) is 81.7 Å². The molecule has 1 aromatic rings. The predicted molar refractivity (Wildman–Crippen MR) is 82.2 cm³/mol. The fraction of sp³-hybridized carbons (Fsp3) is 0.600. The van der Waals surface area contributed by atoms with Crippen molar-refractivity contribution >= 4 is 11.7 Å². The molecule has 2 heterocycles. The van der Waals surface area contributed by atoms with E-state index in [1.54, 1.807) is 25.4 Å². The van der Waals surface area contributed by atoms with Gasteiger partial charge in [-0.3, -0.25) is 0 Å².